The fraction of sp³-hybridized carbons (Fsp3) is 0.133. The van der Waals surface area contributed by atoms with Gasteiger partial charge in [-0.15, -0.1) is 0 Å². The third-order valence-corrected chi connectivity index (χ3v) is 2.92. The van der Waals surface area contributed by atoms with E-state index in [2.05, 4.69) is 0 Å². The Bertz CT molecular complexity index is 520. The molecule has 1 atom stereocenters. The normalized spacial score (nSPS) is 12.0. The summed E-state index contributed by atoms with van der Waals surface area (Å²) in [6.07, 6.45) is 0.472. The molecule has 0 heterocycles. The summed E-state index contributed by atoms with van der Waals surface area (Å²) in [4.78, 5) is 11.3. The van der Waals surface area contributed by atoms with Crippen molar-refractivity contribution in [3.05, 3.63) is 65.7 Å². The topological polar surface area (TPSA) is 63.3 Å². The number of rotatable bonds is 4. The van der Waals surface area contributed by atoms with Crippen LogP contribution in [-0.2, 0) is 11.2 Å². The molecule has 0 bridgehead atoms. The highest BCUT2D eigenvalue weighted by atomic mass is 16.4. The van der Waals surface area contributed by atoms with Gasteiger partial charge in [-0.3, -0.25) is 4.79 Å². The van der Waals surface area contributed by atoms with Crippen molar-refractivity contribution in [2.75, 3.05) is 5.73 Å². The Balaban J connectivity index is 2.22. The first-order valence-electron chi connectivity index (χ1n) is 5.79. The molecule has 92 valence electrons. The van der Waals surface area contributed by atoms with Crippen LogP contribution in [0.15, 0.2) is 54.6 Å². The number of benzene rings is 2. The van der Waals surface area contributed by atoms with E-state index in [1.807, 2.05) is 42.5 Å². The Labute approximate surface area is 106 Å². The van der Waals surface area contributed by atoms with E-state index in [-0.39, 0.29) is 0 Å². The van der Waals surface area contributed by atoms with Crippen LogP contribution in [0.4, 0.5) is 5.69 Å². The lowest BCUT2D eigenvalue weighted by atomic mass is 9.92. The van der Waals surface area contributed by atoms with Gasteiger partial charge in [0.2, 0.25) is 0 Å². The predicted octanol–water partition coefficient (Wildman–Crippen LogP) is 2.68. The lowest BCUT2D eigenvalue weighted by molar-refractivity contribution is -0.138. The van der Waals surface area contributed by atoms with Gasteiger partial charge in [-0.25, -0.2) is 0 Å². The van der Waals surface area contributed by atoms with Gasteiger partial charge in [0.05, 0.1) is 5.92 Å². The van der Waals surface area contributed by atoms with Gasteiger partial charge in [0.1, 0.15) is 0 Å². The van der Waals surface area contributed by atoms with Gasteiger partial charge >= 0.3 is 5.97 Å². The first-order chi connectivity index (χ1) is 8.66. The molecule has 0 amide bonds. The zero-order valence-corrected chi connectivity index (χ0v) is 9.91. The van der Waals surface area contributed by atoms with Crippen molar-refractivity contribution in [2.24, 2.45) is 0 Å². The van der Waals surface area contributed by atoms with Crippen molar-refractivity contribution in [3.63, 3.8) is 0 Å². The number of aliphatic carboxylic acids is 1. The quantitative estimate of drug-likeness (QED) is 0.809. The van der Waals surface area contributed by atoms with Crippen LogP contribution in [0, 0.1) is 0 Å². The SMILES string of the molecule is Nc1ccc(C[C@H](C(=O)O)c2ccccc2)cc1. The van der Waals surface area contributed by atoms with Crippen LogP contribution in [0.2, 0.25) is 0 Å². The van der Waals surface area contributed by atoms with Crippen molar-refractivity contribution in [1.82, 2.24) is 0 Å². The third-order valence-electron chi connectivity index (χ3n) is 2.92. The maximum absolute atomic E-state index is 11.3. The summed E-state index contributed by atoms with van der Waals surface area (Å²) >= 11 is 0. The second kappa shape index (κ2) is 5.36. The van der Waals surface area contributed by atoms with Crippen LogP contribution in [0.3, 0.4) is 0 Å². The van der Waals surface area contributed by atoms with E-state index in [1.54, 1.807) is 12.1 Å². The molecule has 18 heavy (non-hydrogen) atoms. The number of nitrogen functional groups attached to an aromatic ring is 1. The number of nitrogens with two attached hydrogens (primary N) is 1. The zero-order valence-electron chi connectivity index (χ0n) is 9.91. The van der Waals surface area contributed by atoms with Crippen molar-refractivity contribution < 1.29 is 9.90 Å². The monoisotopic (exact) mass is 241 g/mol. The summed E-state index contributed by atoms with van der Waals surface area (Å²) < 4.78 is 0. The third kappa shape index (κ3) is 2.88. The molecule has 2 rings (SSSR count). The van der Waals surface area contributed by atoms with Gasteiger partial charge in [0.15, 0.2) is 0 Å². The smallest absolute Gasteiger partial charge is 0.311 e. The second-order valence-corrected chi connectivity index (χ2v) is 4.25. The Hall–Kier alpha value is -2.29. The Kier molecular flexibility index (Phi) is 3.63. The van der Waals surface area contributed by atoms with E-state index >= 15 is 0 Å². The van der Waals surface area contributed by atoms with Gasteiger partial charge in [0, 0.05) is 5.69 Å². The van der Waals surface area contributed by atoms with E-state index in [4.69, 9.17) is 5.73 Å². The molecule has 0 saturated carbocycles. The van der Waals surface area contributed by atoms with E-state index in [1.165, 1.54) is 0 Å². The average molecular weight is 241 g/mol. The Morgan fingerprint density at radius 2 is 1.67 bits per heavy atom. The van der Waals surface area contributed by atoms with Crippen molar-refractivity contribution in [1.29, 1.82) is 0 Å². The fourth-order valence-corrected chi connectivity index (χ4v) is 1.92. The summed E-state index contributed by atoms with van der Waals surface area (Å²) in [5, 5.41) is 9.32. The van der Waals surface area contributed by atoms with Crippen molar-refractivity contribution in [3.8, 4) is 0 Å². The van der Waals surface area contributed by atoms with Crippen LogP contribution in [-0.4, -0.2) is 11.1 Å². The molecule has 0 aliphatic heterocycles. The molecule has 2 aromatic carbocycles. The Morgan fingerprint density at radius 1 is 1.06 bits per heavy atom. The molecule has 0 saturated heterocycles. The molecular weight excluding hydrogens is 226 g/mol. The lowest BCUT2D eigenvalue weighted by Crippen LogP contribution is -2.14. The van der Waals surface area contributed by atoms with Crippen molar-refractivity contribution in [2.45, 2.75) is 12.3 Å². The molecule has 3 nitrogen and oxygen atoms in total. The molecule has 0 spiro atoms. The molecule has 0 aliphatic rings. The molecule has 0 fully saturated rings. The van der Waals surface area contributed by atoms with Crippen LogP contribution in [0.5, 0.6) is 0 Å². The highest BCUT2D eigenvalue weighted by Crippen LogP contribution is 2.21. The van der Waals surface area contributed by atoms with Crippen LogP contribution < -0.4 is 5.73 Å². The second-order valence-electron chi connectivity index (χ2n) is 4.25. The number of anilines is 1. The number of carbonyl (C=O) groups is 1. The molecule has 2 aromatic rings. The summed E-state index contributed by atoms with van der Waals surface area (Å²) in [6, 6.07) is 16.6. The summed E-state index contributed by atoms with van der Waals surface area (Å²) in [5.74, 6) is -1.33. The first kappa shape index (κ1) is 12.2. The number of hydrogen-bond donors (Lipinski definition) is 2. The standard InChI is InChI=1S/C15H15NO2/c16-13-8-6-11(7-9-13)10-14(15(17)18)12-4-2-1-3-5-12/h1-9,14H,10,16H2,(H,17,18)/t14-/m0/s1. The molecule has 0 aromatic heterocycles. The minimum Gasteiger partial charge on any atom is -0.481 e. The highest BCUT2D eigenvalue weighted by molar-refractivity contribution is 5.76. The Morgan fingerprint density at radius 3 is 2.22 bits per heavy atom. The predicted molar refractivity (Wildman–Crippen MR) is 71.4 cm³/mol. The molecule has 3 heteroatoms. The maximum atomic E-state index is 11.3. The van der Waals surface area contributed by atoms with Gasteiger partial charge in [-0.05, 0) is 29.7 Å². The van der Waals surface area contributed by atoms with E-state index < -0.39 is 11.9 Å². The van der Waals surface area contributed by atoms with E-state index in [9.17, 15) is 9.90 Å². The first-order valence-corrected chi connectivity index (χ1v) is 5.79. The molecule has 3 N–H and O–H groups in total. The van der Waals surface area contributed by atoms with Crippen LogP contribution in [0.1, 0.15) is 17.0 Å². The van der Waals surface area contributed by atoms with Crippen LogP contribution in [0.25, 0.3) is 0 Å². The molecule has 0 radical (unpaired) electrons. The number of carboxylic acid groups (broad SMARTS) is 1. The number of hydrogen-bond acceptors (Lipinski definition) is 2. The van der Waals surface area contributed by atoms with E-state index in [0.29, 0.717) is 12.1 Å². The zero-order chi connectivity index (χ0) is 13.0. The number of carboxylic acids is 1. The van der Waals surface area contributed by atoms with Gasteiger partial charge in [-0.1, -0.05) is 42.5 Å². The summed E-state index contributed by atoms with van der Waals surface area (Å²) in [7, 11) is 0. The fourth-order valence-electron chi connectivity index (χ4n) is 1.92. The lowest BCUT2D eigenvalue weighted by Gasteiger charge is -2.12. The largest absolute Gasteiger partial charge is 0.481 e. The minimum atomic E-state index is -0.807. The van der Waals surface area contributed by atoms with Gasteiger partial charge in [0.25, 0.3) is 0 Å². The highest BCUT2D eigenvalue weighted by Gasteiger charge is 2.19. The maximum Gasteiger partial charge on any atom is 0.311 e. The van der Waals surface area contributed by atoms with Crippen molar-refractivity contribution >= 4 is 11.7 Å². The van der Waals surface area contributed by atoms with Gasteiger partial charge < -0.3 is 10.8 Å². The summed E-state index contributed by atoms with van der Waals surface area (Å²) in [5.41, 5.74) is 8.09. The molecular formula is C15H15NO2. The van der Waals surface area contributed by atoms with Crippen LogP contribution >= 0.6 is 0 Å². The summed E-state index contributed by atoms with van der Waals surface area (Å²) in [6.45, 7) is 0. The average Bonchev–Trinajstić information content (AvgIpc) is 2.38. The molecule has 0 unspecified atom stereocenters. The minimum absolute atomic E-state index is 0.472. The van der Waals surface area contributed by atoms with Gasteiger partial charge in [-0.2, -0.15) is 0 Å². The molecule has 0 aliphatic carbocycles. The van der Waals surface area contributed by atoms with E-state index in [0.717, 1.165) is 11.1 Å².